The molecule has 0 aromatic heterocycles. The number of carbonyl (C=O) groups excluding carboxylic acids is 1. The number of para-hydroxylation sites is 1. The molecule has 47 heavy (non-hydrogen) atoms. The Balaban J connectivity index is 0.000000182. The lowest BCUT2D eigenvalue weighted by Crippen LogP contribution is -2.09. The molecule has 0 atom stereocenters. The predicted octanol–water partition coefficient (Wildman–Crippen LogP) is 10.7. The van der Waals surface area contributed by atoms with Gasteiger partial charge in [0.15, 0.2) is 0 Å². The van der Waals surface area contributed by atoms with Crippen molar-refractivity contribution in [3.05, 3.63) is 167 Å². The SMILES string of the molecule is COc1ccc(N(c2ccccc2)c2ccc(OC)cc2)cc1.COc1ccc(Nc2ccc(C=O)cc2)cc1.Ic1ccccc1. The Bertz CT molecular complexity index is 1700. The van der Waals surface area contributed by atoms with Crippen LogP contribution in [0.5, 0.6) is 17.2 Å². The van der Waals surface area contributed by atoms with Crippen LogP contribution in [-0.2, 0) is 0 Å². The standard InChI is InChI=1S/C20H19NO2.C14H13NO2.C6H5I/c1-22-19-12-8-17(9-13-19)21(16-6-4-3-5-7-16)18-10-14-20(23-2)15-11-18;1-17-14-8-6-13(7-9-14)15-12-4-2-11(10-16)3-5-12;7-6-4-2-1-3-5-6/h3-15H,1-2H3;2-10,15H,1H3;1-5H. The van der Waals surface area contributed by atoms with Crippen molar-refractivity contribution in [3.8, 4) is 17.2 Å². The van der Waals surface area contributed by atoms with E-state index in [4.69, 9.17) is 14.2 Å². The van der Waals surface area contributed by atoms with Crippen molar-refractivity contribution >= 4 is 57.3 Å². The number of nitrogens with one attached hydrogen (secondary N) is 1. The van der Waals surface area contributed by atoms with Gasteiger partial charge in [0.1, 0.15) is 23.5 Å². The van der Waals surface area contributed by atoms with Gasteiger partial charge in [-0.2, -0.15) is 0 Å². The lowest BCUT2D eigenvalue weighted by molar-refractivity contribution is 0.112. The van der Waals surface area contributed by atoms with Crippen LogP contribution in [0.1, 0.15) is 10.4 Å². The second-order valence-corrected chi connectivity index (χ2v) is 11.2. The highest BCUT2D eigenvalue weighted by Crippen LogP contribution is 2.35. The van der Waals surface area contributed by atoms with Crippen LogP contribution in [-0.4, -0.2) is 27.6 Å². The molecule has 0 radical (unpaired) electrons. The smallest absolute Gasteiger partial charge is 0.150 e. The summed E-state index contributed by atoms with van der Waals surface area (Å²) in [5, 5.41) is 3.24. The third-order valence-corrected chi connectivity index (χ3v) is 7.55. The number of anilines is 5. The van der Waals surface area contributed by atoms with Gasteiger partial charge in [0.05, 0.1) is 21.3 Å². The van der Waals surface area contributed by atoms with Crippen molar-refractivity contribution in [1.29, 1.82) is 0 Å². The monoisotopic (exact) mass is 736 g/mol. The third kappa shape index (κ3) is 10.9. The van der Waals surface area contributed by atoms with E-state index in [0.29, 0.717) is 5.56 Å². The van der Waals surface area contributed by atoms with Crippen LogP contribution in [0, 0.1) is 3.57 Å². The van der Waals surface area contributed by atoms with Gasteiger partial charge < -0.3 is 24.4 Å². The van der Waals surface area contributed by atoms with Gasteiger partial charge in [-0.05, 0) is 144 Å². The zero-order chi connectivity index (χ0) is 33.3. The summed E-state index contributed by atoms with van der Waals surface area (Å²) in [4.78, 5) is 12.7. The average molecular weight is 737 g/mol. The second-order valence-electron chi connectivity index (χ2n) is 9.96. The molecular weight excluding hydrogens is 699 g/mol. The van der Waals surface area contributed by atoms with Gasteiger partial charge in [0.2, 0.25) is 0 Å². The number of aldehydes is 1. The van der Waals surface area contributed by atoms with Gasteiger partial charge in [-0.25, -0.2) is 0 Å². The Morgan fingerprint density at radius 3 is 1.21 bits per heavy atom. The van der Waals surface area contributed by atoms with E-state index in [0.717, 1.165) is 52.0 Å². The molecule has 0 saturated carbocycles. The summed E-state index contributed by atoms with van der Waals surface area (Å²) in [5.74, 6) is 2.51. The fourth-order valence-electron chi connectivity index (χ4n) is 4.39. The Hall–Kier alpha value is -5.28. The molecule has 0 heterocycles. The van der Waals surface area contributed by atoms with Gasteiger partial charge >= 0.3 is 0 Å². The number of nitrogens with zero attached hydrogens (tertiary/aromatic N) is 1. The number of halogens is 1. The minimum absolute atomic E-state index is 0.672. The fourth-order valence-corrected chi connectivity index (χ4v) is 4.80. The van der Waals surface area contributed by atoms with E-state index < -0.39 is 0 Å². The zero-order valence-electron chi connectivity index (χ0n) is 26.5. The maximum absolute atomic E-state index is 10.5. The Morgan fingerprint density at radius 1 is 0.489 bits per heavy atom. The molecule has 6 aromatic rings. The van der Waals surface area contributed by atoms with Gasteiger partial charge in [-0.1, -0.05) is 36.4 Å². The van der Waals surface area contributed by atoms with E-state index >= 15 is 0 Å². The van der Waals surface area contributed by atoms with Crippen molar-refractivity contribution in [2.45, 2.75) is 0 Å². The second kappa shape index (κ2) is 18.6. The Morgan fingerprint density at radius 2 is 0.851 bits per heavy atom. The van der Waals surface area contributed by atoms with Gasteiger partial charge in [-0.15, -0.1) is 0 Å². The highest BCUT2D eigenvalue weighted by Gasteiger charge is 2.12. The molecule has 6 nitrogen and oxygen atoms in total. The molecule has 0 unspecified atom stereocenters. The maximum Gasteiger partial charge on any atom is 0.150 e. The number of methoxy groups -OCH3 is 3. The first kappa shape index (κ1) is 34.6. The summed E-state index contributed by atoms with van der Waals surface area (Å²) in [6.07, 6.45) is 0.831. The minimum atomic E-state index is 0.672. The highest BCUT2D eigenvalue weighted by molar-refractivity contribution is 14.1. The molecule has 6 rings (SSSR count). The summed E-state index contributed by atoms with van der Waals surface area (Å²) in [6, 6.07) is 51.5. The molecule has 0 spiro atoms. The molecular formula is C40H37IN2O4. The number of hydrogen-bond donors (Lipinski definition) is 1. The zero-order valence-corrected chi connectivity index (χ0v) is 28.7. The Labute approximate surface area is 290 Å². The lowest BCUT2D eigenvalue weighted by Gasteiger charge is -2.25. The molecule has 7 heteroatoms. The van der Waals surface area contributed by atoms with Gasteiger partial charge in [0.25, 0.3) is 0 Å². The first-order valence-electron chi connectivity index (χ1n) is 14.8. The minimum Gasteiger partial charge on any atom is -0.497 e. The average Bonchev–Trinajstić information content (AvgIpc) is 3.14. The Kier molecular flexibility index (Phi) is 13.7. The largest absolute Gasteiger partial charge is 0.497 e. The molecule has 0 saturated heterocycles. The molecule has 0 amide bonds. The normalized spacial score (nSPS) is 9.79. The van der Waals surface area contributed by atoms with Crippen molar-refractivity contribution in [3.63, 3.8) is 0 Å². The van der Waals surface area contributed by atoms with Crippen molar-refractivity contribution < 1.29 is 19.0 Å². The molecule has 1 N–H and O–H groups in total. The van der Waals surface area contributed by atoms with Gasteiger partial charge in [0, 0.05) is 37.6 Å². The fraction of sp³-hybridized carbons (Fsp3) is 0.0750. The summed E-state index contributed by atoms with van der Waals surface area (Å²) in [6.45, 7) is 0. The van der Waals surface area contributed by atoms with Crippen molar-refractivity contribution in [2.24, 2.45) is 0 Å². The lowest BCUT2D eigenvalue weighted by atomic mass is 10.2. The molecule has 0 aliphatic rings. The van der Waals surface area contributed by atoms with E-state index in [1.54, 1.807) is 33.5 Å². The summed E-state index contributed by atoms with van der Waals surface area (Å²) in [7, 11) is 4.99. The molecule has 6 aromatic carbocycles. The molecule has 238 valence electrons. The molecule has 0 bridgehead atoms. The number of carbonyl (C=O) groups is 1. The first-order chi connectivity index (χ1) is 23.0. The van der Waals surface area contributed by atoms with Crippen LogP contribution in [0.25, 0.3) is 0 Å². The van der Waals surface area contributed by atoms with Crippen LogP contribution in [0.3, 0.4) is 0 Å². The van der Waals surface area contributed by atoms with Crippen LogP contribution in [0.2, 0.25) is 0 Å². The van der Waals surface area contributed by atoms with Crippen molar-refractivity contribution in [2.75, 3.05) is 31.5 Å². The van der Waals surface area contributed by atoms with E-state index in [9.17, 15) is 4.79 Å². The van der Waals surface area contributed by atoms with E-state index in [2.05, 4.69) is 81.3 Å². The quantitative estimate of drug-likeness (QED) is 0.118. The van der Waals surface area contributed by atoms with Crippen LogP contribution in [0.4, 0.5) is 28.4 Å². The number of rotatable bonds is 9. The predicted molar refractivity (Wildman–Crippen MR) is 201 cm³/mol. The van der Waals surface area contributed by atoms with E-state index in [1.165, 1.54) is 3.57 Å². The number of benzene rings is 6. The van der Waals surface area contributed by atoms with Crippen LogP contribution in [0.15, 0.2) is 158 Å². The highest BCUT2D eigenvalue weighted by atomic mass is 127. The third-order valence-electron chi connectivity index (χ3n) is 6.83. The molecule has 0 aliphatic heterocycles. The first-order valence-corrected chi connectivity index (χ1v) is 15.9. The van der Waals surface area contributed by atoms with Crippen molar-refractivity contribution in [1.82, 2.24) is 0 Å². The molecule has 0 fully saturated rings. The summed E-state index contributed by atoms with van der Waals surface area (Å²) < 4.78 is 16.9. The van der Waals surface area contributed by atoms with E-state index in [1.807, 2.05) is 97.1 Å². The maximum atomic E-state index is 10.5. The van der Waals surface area contributed by atoms with Crippen LogP contribution >= 0.6 is 22.6 Å². The van der Waals surface area contributed by atoms with Gasteiger partial charge in [-0.3, -0.25) is 4.79 Å². The topological polar surface area (TPSA) is 60.0 Å². The van der Waals surface area contributed by atoms with E-state index in [-0.39, 0.29) is 0 Å². The molecule has 0 aliphatic carbocycles. The summed E-state index contributed by atoms with van der Waals surface area (Å²) in [5.41, 5.74) is 5.84. The number of hydrogen-bond acceptors (Lipinski definition) is 6. The number of ether oxygens (including phenoxy) is 3. The summed E-state index contributed by atoms with van der Waals surface area (Å²) >= 11 is 2.28. The van der Waals surface area contributed by atoms with Crippen LogP contribution < -0.4 is 24.4 Å².